The van der Waals surface area contributed by atoms with Crippen molar-refractivity contribution < 1.29 is 0 Å². The molecule has 0 amide bonds. The first kappa shape index (κ1) is 12.6. The first-order valence-corrected chi connectivity index (χ1v) is 6.47. The van der Waals surface area contributed by atoms with Crippen molar-refractivity contribution in [1.29, 1.82) is 0 Å². The van der Waals surface area contributed by atoms with Crippen LogP contribution in [0.1, 0.15) is 5.56 Å². The second-order valence-electron chi connectivity index (χ2n) is 4.36. The predicted molar refractivity (Wildman–Crippen MR) is 78.2 cm³/mol. The fraction of sp³-hybridized carbons (Fsp3) is 0.0714. The molecule has 0 radical (unpaired) electrons. The topological polar surface area (TPSA) is 69.6 Å². The Kier molecular flexibility index (Phi) is 3.35. The fourth-order valence-corrected chi connectivity index (χ4v) is 2.11. The maximum atomic E-state index is 6.13. The Balaban J connectivity index is 1.84. The molecule has 100 valence electrons. The Labute approximate surface area is 121 Å². The predicted octanol–water partition coefficient (Wildman–Crippen LogP) is 2.62. The van der Waals surface area contributed by atoms with Gasteiger partial charge in [-0.1, -0.05) is 48.0 Å². The summed E-state index contributed by atoms with van der Waals surface area (Å²) in [6, 6.07) is 15.1. The van der Waals surface area contributed by atoms with E-state index in [4.69, 9.17) is 17.3 Å². The number of nitrogens with zero attached hydrogens (tertiary/aromatic N) is 4. The van der Waals surface area contributed by atoms with Crippen LogP contribution < -0.4 is 5.73 Å². The Morgan fingerprint density at radius 2 is 1.90 bits per heavy atom. The Morgan fingerprint density at radius 1 is 1.10 bits per heavy atom. The van der Waals surface area contributed by atoms with Crippen molar-refractivity contribution in [2.75, 3.05) is 5.73 Å². The van der Waals surface area contributed by atoms with E-state index in [1.807, 2.05) is 36.4 Å². The van der Waals surface area contributed by atoms with Crippen LogP contribution in [0.5, 0.6) is 0 Å². The van der Waals surface area contributed by atoms with Gasteiger partial charge < -0.3 is 5.73 Å². The van der Waals surface area contributed by atoms with E-state index in [-0.39, 0.29) is 0 Å². The molecule has 1 aromatic heterocycles. The van der Waals surface area contributed by atoms with Gasteiger partial charge in [0.1, 0.15) is 0 Å². The Morgan fingerprint density at radius 3 is 2.65 bits per heavy atom. The summed E-state index contributed by atoms with van der Waals surface area (Å²) in [5.41, 5.74) is 8.13. The van der Waals surface area contributed by atoms with Gasteiger partial charge >= 0.3 is 0 Å². The fourth-order valence-electron chi connectivity index (χ4n) is 1.86. The van der Waals surface area contributed by atoms with Gasteiger partial charge in [-0.3, -0.25) is 0 Å². The molecule has 0 aliphatic heterocycles. The minimum atomic E-state index is 0.457. The smallest absolute Gasteiger partial charge is 0.204 e. The number of nitrogen functional groups attached to an aromatic ring is 1. The minimum absolute atomic E-state index is 0.457. The van der Waals surface area contributed by atoms with Gasteiger partial charge in [0.05, 0.1) is 6.54 Å². The van der Waals surface area contributed by atoms with E-state index < -0.39 is 0 Å². The molecular weight excluding hydrogens is 274 g/mol. The second kappa shape index (κ2) is 5.30. The highest BCUT2D eigenvalue weighted by Gasteiger charge is 2.07. The largest absolute Gasteiger partial charge is 0.399 e. The normalized spacial score (nSPS) is 10.7. The Hall–Kier alpha value is -2.40. The van der Waals surface area contributed by atoms with Crippen molar-refractivity contribution in [2.45, 2.75) is 6.54 Å². The highest BCUT2D eigenvalue weighted by Crippen LogP contribution is 2.20. The van der Waals surface area contributed by atoms with Crippen LogP contribution in [0.3, 0.4) is 0 Å². The van der Waals surface area contributed by atoms with Gasteiger partial charge in [-0.15, -0.1) is 10.2 Å². The maximum absolute atomic E-state index is 6.13. The number of hydrogen-bond acceptors (Lipinski definition) is 4. The molecule has 0 spiro atoms. The summed E-state index contributed by atoms with van der Waals surface area (Å²) in [5.74, 6) is 0.595. The van der Waals surface area contributed by atoms with E-state index >= 15 is 0 Å². The Bertz CT molecular complexity index is 723. The monoisotopic (exact) mass is 285 g/mol. The molecule has 5 nitrogen and oxygen atoms in total. The summed E-state index contributed by atoms with van der Waals surface area (Å²) in [7, 11) is 0. The van der Waals surface area contributed by atoms with Gasteiger partial charge in [-0.05, 0) is 22.9 Å². The second-order valence-corrected chi connectivity index (χ2v) is 4.77. The maximum Gasteiger partial charge on any atom is 0.204 e. The average molecular weight is 286 g/mol. The molecule has 0 aliphatic rings. The molecule has 0 bridgehead atoms. The third-order valence-corrected chi connectivity index (χ3v) is 3.23. The highest BCUT2D eigenvalue weighted by atomic mass is 35.5. The van der Waals surface area contributed by atoms with E-state index in [0.29, 0.717) is 23.1 Å². The van der Waals surface area contributed by atoms with E-state index in [0.717, 1.165) is 11.1 Å². The molecule has 6 heteroatoms. The summed E-state index contributed by atoms with van der Waals surface area (Å²) in [5, 5.41) is 13.0. The van der Waals surface area contributed by atoms with Crippen molar-refractivity contribution in [3.8, 4) is 11.4 Å². The van der Waals surface area contributed by atoms with Crippen LogP contribution in [0.4, 0.5) is 5.69 Å². The van der Waals surface area contributed by atoms with Gasteiger partial charge in [0.15, 0.2) is 0 Å². The van der Waals surface area contributed by atoms with Crippen LogP contribution >= 0.6 is 11.6 Å². The lowest BCUT2D eigenvalue weighted by molar-refractivity contribution is 0.573. The van der Waals surface area contributed by atoms with Crippen LogP contribution in [0.25, 0.3) is 11.4 Å². The number of hydrogen-bond donors (Lipinski definition) is 1. The van der Waals surface area contributed by atoms with Crippen LogP contribution in [0, 0.1) is 0 Å². The molecule has 0 atom stereocenters. The molecule has 3 aromatic rings. The molecule has 3 rings (SSSR count). The van der Waals surface area contributed by atoms with E-state index in [1.165, 1.54) is 4.80 Å². The summed E-state index contributed by atoms with van der Waals surface area (Å²) in [6.45, 7) is 0.457. The van der Waals surface area contributed by atoms with Crippen LogP contribution in [-0.2, 0) is 6.54 Å². The molecule has 2 N–H and O–H groups in total. The first-order valence-electron chi connectivity index (χ1n) is 6.09. The van der Waals surface area contributed by atoms with Crippen molar-refractivity contribution in [1.82, 2.24) is 20.2 Å². The summed E-state index contributed by atoms with van der Waals surface area (Å²) in [4.78, 5) is 1.51. The van der Waals surface area contributed by atoms with Crippen molar-refractivity contribution in [3.63, 3.8) is 0 Å². The zero-order valence-electron chi connectivity index (χ0n) is 10.6. The van der Waals surface area contributed by atoms with Gasteiger partial charge in [0, 0.05) is 16.3 Å². The lowest BCUT2D eigenvalue weighted by Gasteiger charge is -2.03. The van der Waals surface area contributed by atoms with Gasteiger partial charge in [-0.25, -0.2) is 0 Å². The van der Waals surface area contributed by atoms with Gasteiger partial charge in [-0.2, -0.15) is 4.80 Å². The lowest BCUT2D eigenvalue weighted by Crippen LogP contribution is -2.04. The SMILES string of the molecule is Nc1ccc(Cn2nnc(-c3ccccc3)n2)c(Cl)c1. The minimum Gasteiger partial charge on any atom is -0.399 e. The number of aromatic nitrogens is 4. The van der Waals surface area contributed by atoms with Crippen LogP contribution in [0.2, 0.25) is 5.02 Å². The highest BCUT2D eigenvalue weighted by molar-refractivity contribution is 6.31. The van der Waals surface area contributed by atoms with E-state index in [2.05, 4.69) is 15.4 Å². The molecule has 0 saturated heterocycles. The van der Waals surface area contributed by atoms with E-state index in [9.17, 15) is 0 Å². The average Bonchev–Trinajstić information content (AvgIpc) is 2.92. The number of rotatable bonds is 3. The van der Waals surface area contributed by atoms with Gasteiger partial charge in [0.25, 0.3) is 0 Å². The number of halogens is 1. The van der Waals surface area contributed by atoms with Gasteiger partial charge in [0.2, 0.25) is 5.82 Å². The molecule has 20 heavy (non-hydrogen) atoms. The van der Waals surface area contributed by atoms with Crippen molar-refractivity contribution in [2.24, 2.45) is 0 Å². The van der Waals surface area contributed by atoms with Crippen molar-refractivity contribution >= 4 is 17.3 Å². The zero-order valence-corrected chi connectivity index (χ0v) is 11.3. The summed E-state index contributed by atoms with van der Waals surface area (Å²) in [6.07, 6.45) is 0. The summed E-state index contributed by atoms with van der Waals surface area (Å²) >= 11 is 6.13. The molecule has 0 aliphatic carbocycles. The van der Waals surface area contributed by atoms with Crippen molar-refractivity contribution in [3.05, 3.63) is 59.1 Å². The van der Waals surface area contributed by atoms with Crippen LogP contribution in [0.15, 0.2) is 48.5 Å². The zero-order chi connectivity index (χ0) is 13.9. The first-order chi connectivity index (χ1) is 9.72. The standard InChI is InChI=1S/C14H12ClN5/c15-13-8-12(16)7-6-11(13)9-20-18-14(17-19-20)10-4-2-1-3-5-10/h1-8H,9,16H2. The molecular formula is C14H12ClN5. The van der Waals surface area contributed by atoms with E-state index in [1.54, 1.807) is 12.1 Å². The number of nitrogens with two attached hydrogens (primary N) is 1. The molecule has 0 fully saturated rings. The molecule has 1 heterocycles. The lowest BCUT2D eigenvalue weighted by atomic mass is 10.2. The third-order valence-electron chi connectivity index (χ3n) is 2.87. The summed E-state index contributed by atoms with van der Waals surface area (Å²) < 4.78 is 0. The third kappa shape index (κ3) is 2.62. The molecule has 2 aromatic carbocycles. The molecule has 0 unspecified atom stereocenters. The number of tetrazole rings is 1. The number of anilines is 1. The quantitative estimate of drug-likeness (QED) is 0.751. The molecule has 0 saturated carbocycles. The van der Waals surface area contributed by atoms with Crippen LogP contribution in [-0.4, -0.2) is 20.2 Å². The number of benzene rings is 2.